The molecule has 2 fully saturated rings. The average Bonchev–Trinajstić information content (AvgIpc) is 2.79. The van der Waals surface area contributed by atoms with Crippen molar-refractivity contribution in [3.05, 3.63) is 34.7 Å². The van der Waals surface area contributed by atoms with Crippen molar-refractivity contribution >= 4 is 27.5 Å². The number of amides is 2. The first-order chi connectivity index (χ1) is 11.0. The van der Waals surface area contributed by atoms with E-state index < -0.39 is 10.0 Å². The summed E-state index contributed by atoms with van der Waals surface area (Å²) in [5.41, 5.74) is 8.60. The molecule has 1 heterocycles. The van der Waals surface area contributed by atoms with Crippen LogP contribution in [0.15, 0.2) is 33.7 Å². The molecule has 120 valence electrons. The fourth-order valence-electron chi connectivity index (χ4n) is 3.28. The fourth-order valence-corrected chi connectivity index (χ4v) is 3.95. The summed E-state index contributed by atoms with van der Waals surface area (Å²) >= 11 is 0. The number of anilines is 1. The zero-order chi connectivity index (χ0) is 16.6. The third-order valence-corrected chi connectivity index (χ3v) is 5.53. The molecule has 1 saturated carbocycles. The van der Waals surface area contributed by atoms with Crippen molar-refractivity contribution in [2.45, 2.75) is 30.6 Å². The van der Waals surface area contributed by atoms with E-state index in [4.69, 9.17) is 5.53 Å². The first-order valence-corrected chi connectivity index (χ1v) is 8.69. The van der Waals surface area contributed by atoms with Crippen molar-refractivity contribution in [1.82, 2.24) is 0 Å². The Bertz CT molecular complexity index is 788. The maximum absolute atomic E-state index is 12.5. The highest BCUT2D eigenvalue weighted by molar-refractivity contribution is 7.90. The smallest absolute Gasteiger partial charge is 0.264 e. The number of imide groups is 1. The first-order valence-electron chi connectivity index (χ1n) is 7.25. The SMILES string of the molecule is [N-]=[N+]=NS(=O)(=O)c1ccc(N2C(=O)C3CCCCC3C2=O)cc1. The van der Waals surface area contributed by atoms with Crippen LogP contribution in [0.4, 0.5) is 5.69 Å². The van der Waals surface area contributed by atoms with Gasteiger partial charge in [-0.3, -0.25) is 14.5 Å². The van der Waals surface area contributed by atoms with Gasteiger partial charge in [0.25, 0.3) is 10.0 Å². The predicted octanol–water partition coefficient (Wildman–Crippen LogP) is 2.37. The van der Waals surface area contributed by atoms with Crippen molar-refractivity contribution in [2.75, 3.05) is 4.90 Å². The maximum Gasteiger partial charge on any atom is 0.264 e. The molecule has 0 bridgehead atoms. The molecular weight excluding hydrogens is 320 g/mol. The van der Waals surface area contributed by atoms with Gasteiger partial charge < -0.3 is 0 Å². The lowest BCUT2D eigenvalue weighted by Gasteiger charge is -2.19. The number of hydrogen-bond acceptors (Lipinski definition) is 4. The molecule has 23 heavy (non-hydrogen) atoms. The molecule has 1 saturated heterocycles. The van der Waals surface area contributed by atoms with Gasteiger partial charge in [-0.2, -0.15) is 0 Å². The van der Waals surface area contributed by atoms with Gasteiger partial charge in [0, 0.05) is 9.43 Å². The summed E-state index contributed by atoms with van der Waals surface area (Å²) in [4.78, 5) is 28.1. The summed E-state index contributed by atoms with van der Waals surface area (Å²) in [6.07, 6.45) is 3.32. The number of carbonyl (C=O) groups is 2. The molecule has 2 atom stereocenters. The molecule has 2 unspecified atom stereocenters. The van der Waals surface area contributed by atoms with E-state index in [9.17, 15) is 18.0 Å². The molecular formula is C14H14N4O4S. The Morgan fingerprint density at radius 3 is 2.04 bits per heavy atom. The van der Waals surface area contributed by atoms with Gasteiger partial charge in [-0.25, -0.2) is 8.42 Å². The third kappa shape index (κ3) is 2.58. The number of fused-ring (bicyclic) bond motifs is 1. The van der Waals surface area contributed by atoms with Crippen LogP contribution in [-0.4, -0.2) is 20.2 Å². The summed E-state index contributed by atoms with van der Waals surface area (Å²) in [6.45, 7) is 0. The topological polar surface area (TPSA) is 120 Å². The lowest BCUT2D eigenvalue weighted by atomic mass is 9.81. The molecule has 3 rings (SSSR count). The Labute approximate surface area is 132 Å². The van der Waals surface area contributed by atoms with Crippen LogP contribution in [0.5, 0.6) is 0 Å². The quantitative estimate of drug-likeness (QED) is 0.364. The van der Waals surface area contributed by atoms with Crippen LogP contribution in [0.25, 0.3) is 10.4 Å². The minimum Gasteiger partial charge on any atom is -0.274 e. The van der Waals surface area contributed by atoms with Crippen LogP contribution in [0.3, 0.4) is 0 Å². The minimum atomic E-state index is -4.08. The number of sulfonamides is 1. The first kappa shape index (κ1) is 15.5. The highest BCUT2D eigenvalue weighted by Gasteiger charge is 2.48. The van der Waals surface area contributed by atoms with E-state index >= 15 is 0 Å². The van der Waals surface area contributed by atoms with Crippen LogP contribution >= 0.6 is 0 Å². The van der Waals surface area contributed by atoms with Crippen LogP contribution in [0.2, 0.25) is 0 Å². The monoisotopic (exact) mass is 334 g/mol. The second-order valence-electron chi connectivity index (χ2n) is 5.65. The van der Waals surface area contributed by atoms with Gasteiger partial charge >= 0.3 is 0 Å². The van der Waals surface area contributed by atoms with Gasteiger partial charge in [0.2, 0.25) is 11.8 Å². The average molecular weight is 334 g/mol. The highest BCUT2D eigenvalue weighted by Crippen LogP contribution is 2.40. The van der Waals surface area contributed by atoms with E-state index in [0.717, 1.165) is 30.6 Å². The fraction of sp³-hybridized carbons (Fsp3) is 0.429. The van der Waals surface area contributed by atoms with E-state index in [1.165, 1.54) is 24.3 Å². The molecule has 0 spiro atoms. The molecule has 1 aliphatic carbocycles. The zero-order valence-corrected chi connectivity index (χ0v) is 12.9. The van der Waals surface area contributed by atoms with Gasteiger partial charge in [-0.1, -0.05) is 12.8 Å². The molecule has 2 aliphatic rings. The third-order valence-electron chi connectivity index (χ3n) is 4.38. The summed E-state index contributed by atoms with van der Waals surface area (Å²) in [5, 5.41) is 0. The molecule has 9 heteroatoms. The lowest BCUT2D eigenvalue weighted by Crippen LogP contribution is -2.30. The van der Waals surface area contributed by atoms with Crippen LogP contribution < -0.4 is 4.90 Å². The summed E-state index contributed by atoms with van der Waals surface area (Å²) in [7, 11) is -4.08. The van der Waals surface area contributed by atoms with Crippen LogP contribution in [0.1, 0.15) is 25.7 Å². The van der Waals surface area contributed by atoms with Crippen molar-refractivity contribution in [1.29, 1.82) is 0 Å². The summed E-state index contributed by atoms with van der Waals surface area (Å²) in [6, 6.07) is 5.21. The van der Waals surface area contributed by atoms with Crippen molar-refractivity contribution < 1.29 is 18.0 Å². The molecule has 0 aromatic heterocycles. The van der Waals surface area contributed by atoms with Gasteiger partial charge in [0.1, 0.15) is 0 Å². The Morgan fingerprint density at radius 2 is 1.57 bits per heavy atom. The highest BCUT2D eigenvalue weighted by atomic mass is 32.2. The number of rotatable bonds is 3. The number of benzene rings is 1. The minimum absolute atomic E-state index is 0.185. The van der Waals surface area contributed by atoms with Crippen molar-refractivity contribution in [2.24, 2.45) is 16.4 Å². The maximum atomic E-state index is 12.5. The van der Waals surface area contributed by atoms with Gasteiger partial charge in [0.05, 0.1) is 22.4 Å². The largest absolute Gasteiger partial charge is 0.274 e. The molecule has 0 radical (unpaired) electrons. The molecule has 1 aromatic rings. The van der Waals surface area contributed by atoms with Crippen molar-refractivity contribution in [3.8, 4) is 0 Å². The molecule has 1 aromatic carbocycles. The Morgan fingerprint density at radius 1 is 1.04 bits per heavy atom. The Hall–Kier alpha value is -2.38. The number of nitrogens with zero attached hydrogens (tertiary/aromatic N) is 4. The molecule has 2 amide bonds. The lowest BCUT2D eigenvalue weighted by molar-refractivity contribution is -0.122. The van der Waals surface area contributed by atoms with E-state index in [0.29, 0.717) is 5.69 Å². The number of azide groups is 1. The number of carbonyl (C=O) groups excluding carboxylic acids is 2. The van der Waals surface area contributed by atoms with Gasteiger partial charge in [-0.15, -0.1) is 0 Å². The molecule has 0 N–H and O–H groups in total. The van der Waals surface area contributed by atoms with E-state index in [1.54, 1.807) is 0 Å². The van der Waals surface area contributed by atoms with Gasteiger partial charge in [-0.05, 0) is 42.6 Å². The number of hydrogen-bond donors (Lipinski definition) is 0. The van der Waals surface area contributed by atoms with E-state index in [-0.39, 0.29) is 28.5 Å². The standard InChI is InChI=1S/C14H14N4O4S/c15-16-17-23(21,22)10-7-5-9(6-8-10)18-13(19)11-3-1-2-4-12(11)14(18)20/h5-8,11-12H,1-4H2. The second kappa shape index (κ2) is 5.68. The van der Waals surface area contributed by atoms with Crippen molar-refractivity contribution in [3.63, 3.8) is 0 Å². The summed E-state index contributed by atoms with van der Waals surface area (Å²) < 4.78 is 26.0. The van der Waals surface area contributed by atoms with E-state index in [1.807, 2.05) is 0 Å². The Balaban J connectivity index is 1.92. The van der Waals surface area contributed by atoms with Crippen LogP contribution in [0, 0.1) is 11.8 Å². The molecule has 1 aliphatic heterocycles. The molecule has 8 nitrogen and oxygen atoms in total. The Kier molecular flexibility index (Phi) is 3.83. The summed E-state index contributed by atoms with van der Waals surface area (Å²) in [5.74, 6) is -0.957. The normalized spacial score (nSPS) is 24.3. The van der Waals surface area contributed by atoms with Crippen LogP contribution in [-0.2, 0) is 19.6 Å². The predicted molar refractivity (Wildman–Crippen MR) is 80.7 cm³/mol. The second-order valence-corrected chi connectivity index (χ2v) is 7.23. The van der Waals surface area contributed by atoms with Gasteiger partial charge in [0.15, 0.2) is 0 Å². The van der Waals surface area contributed by atoms with E-state index in [2.05, 4.69) is 9.43 Å². The zero-order valence-electron chi connectivity index (χ0n) is 12.1.